The van der Waals surface area contributed by atoms with E-state index in [1.807, 2.05) is 19.1 Å². The monoisotopic (exact) mass is 235 g/mol. The van der Waals surface area contributed by atoms with Crippen molar-refractivity contribution in [1.82, 2.24) is 4.98 Å². The summed E-state index contributed by atoms with van der Waals surface area (Å²) in [4.78, 5) is 3.76. The molecule has 0 amide bonds. The standard InChI is InChI=1S/C6H6N.BrH.Zn/c1-6-3-2-4-7-5-6;;/h2-4H,1H3;1H;/q-1;;+2/p-1. The predicted octanol–water partition coefficient (Wildman–Crippen LogP) is 2.03. The van der Waals surface area contributed by atoms with Crippen molar-refractivity contribution in [2.75, 3.05) is 0 Å². The molecule has 0 aliphatic heterocycles. The first-order chi connectivity index (χ1) is 4.39. The molecule has 3 heteroatoms. The maximum atomic E-state index is 3.76. The van der Waals surface area contributed by atoms with Crippen LogP contribution in [0.15, 0.2) is 18.3 Å². The summed E-state index contributed by atoms with van der Waals surface area (Å²) in [6.07, 6.45) is 4.50. The summed E-state index contributed by atoms with van der Waals surface area (Å²) in [6.45, 7) is 1.97. The molecule has 0 N–H and O–H groups in total. The Hall–Kier alpha value is 0.253. The second kappa shape index (κ2) is 6.37. The van der Waals surface area contributed by atoms with Gasteiger partial charge in [0.05, 0.1) is 0 Å². The molecule has 1 rings (SSSR count). The Morgan fingerprint density at radius 1 is 1.67 bits per heavy atom. The van der Waals surface area contributed by atoms with Crippen molar-refractivity contribution in [3.63, 3.8) is 0 Å². The van der Waals surface area contributed by atoms with E-state index in [1.54, 1.807) is 6.20 Å². The van der Waals surface area contributed by atoms with E-state index in [0.717, 1.165) is 5.56 Å². The Balaban J connectivity index is 0.000000291. The molecule has 1 aromatic rings. The second-order valence-corrected chi connectivity index (χ2v) is 1.43. The van der Waals surface area contributed by atoms with E-state index in [-0.39, 0.29) is 0 Å². The zero-order chi connectivity index (χ0) is 7.11. The first-order valence-corrected chi connectivity index (χ1v) is 9.40. The summed E-state index contributed by atoms with van der Waals surface area (Å²) >= 11 is 4.25. The van der Waals surface area contributed by atoms with Gasteiger partial charge in [0.2, 0.25) is 0 Å². The summed E-state index contributed by atoms with van der Waals surface area (Å²) in [5.74, 6) is 0. The van der Waals surface area contributed by atoms with Crippen molar-refractivity contribution in [3.8, 4) is 0 Å². The number of pyridine rings is 1. The molecule has 1 heterocycles. The van der Waals surface area contributed by atoms with Gasteiger partial charge < -0.3 is 4.98 Å². The van der Waals surface area contributed by atoms with Gasteiger partial charge in [0.15, 0.2) is 0 Å². The summed E-state index contributed by atoms with van der Waals surface area (Å²) in [5.41, 5.74) is 1.09. The fraction of sp³-hybridized carbons (Fsp3) is 0.167. The maximum absolute atomic E-state index is 3.76. The minimum atomic E-state index is 1.09. The molecule has 1 aromatic heterocycles. The van der Waals surface area contributed by atoms with Gasteiger partial charge in [0.1, 0.15) is 0 Å². The number of hydrogen-bond donors (Lipinski definition) is 0. The third-order valence-electron chi connectivity index (χ3n) is 0.748. The molecule has 0 saturated heterocycles. The van der Waals surface area contributed by atoms with Gasteiger partial charge in [-0.3, -0.25) is 0 Å². The normalized spacial score (nSPS) is 7.56. The van der Waals surface area contributed by atoms with Gasteiger partial charge in [0.25, 0.3) is 0 Å². The van der Waals surface area contributed by atoms with Crippen LogP contribution in [0.4, 0.5) is 0 Å². The number of halogens is 1. The van der Waals surface area contributed by atoms with Crippen molar-refractivity contribution in [2.24, 2.45) is 0 Å². The van der Waals surface area contributed by atoms with Crippen LogP contribution in [-0.4, -0.2) is 4.98 Å². The zero-order valence-corrected chi connectivity index (χ0v) is 9.82. The Labute approximate surface area is 71.9 Å². The molecule has 0 bridgehead atoms. The third-order valence-corrected chi connectivity index (χ3v) is 0.748. The molecular formula is C6H6BrNZn. The first-order valence-electron chi connectivity index (χ1n) is 2.45. The molecule has 0 spiro atoms. The molecule has 0 radical (unpaired) electrons. The molecule has 0 aliphatic carbocycles. The summed E-state index contributed by atoms with van der Waals surface area (Å²) in [7, 11) is 0. The molecule has 0 unspecified atom stereocenters. The summed E-state index contributed by atoms with van der Waals surface area (Å²) < 4.78 is 0. The van der Waals surface area contributed by atoms with E-state index in [0.29, 0.717) is 0 Å². The Bertz CT molecular complexity index is 143. The van der Waals surface area contributed by atoms with Crippen molar-refractivity contribution in [3.05, 3.63) is 30.1 Å². The molecule has 1 nitrogen and oxygen atoms in total. The summed E-state index contributed by atoms with van der Waals surface area (Å²) in [6, 6.07) is 3.86. The van der Waals surface area contributed by atoms with Gasteiger partial charge in [-0.25, -0.2) is 0 Å². The molecule has 0 aliphatic rings. The fourth-order valence-electron chi connectivity index (χ4n) is 0.407. The van der Waals surface area contributed by atoms with E-state index in [9.17, 15) is 0 Å². The van der Waals surface area contributed by atoms with Gasteiger partial charge in [-0.15, -0.1) is 5.56 Å². The summed E-state index contributed by atoms with van der Waals surface area (Å²) in [5, 5.41) is 0. The van der Waals surface area contributed by atoms with Crippen LogP contribution >= 0.6 is 13.6 Å². The van der Waals surface area contributed by atoms with Crippen LogP contribution in [0, 0.1) is 13.1 Å². The van der Waals surface area contributed by atoms with Gasteiger partial charge in [-0.1, -0.05) is 19.3 Å². The predicted molar refractivity (Wildman–Crippen MR) is 36.7 cm³/mol. The van der Waals surface area contributed by atoms with Gasteiger partial charge >= 0.3 is 30.0 Å². The molecular weight excluding hydrogens is 231 g/mol. The van der Waals surface area contributed by atoms with E-state index in [2.05, 4.69) is 24.8 Å². The van der Waals surface area contributed by atoms with E-state index in [1.165, 1.54) is 16.3 Å². The topological polar surface area (TPSA) is 12.9 Å². The Kier molecular flexibility index (Phi) is 6.55. The molecule has 0 saturated carbocycles. The van der Waals surface area contributed by atoms with Gasteiger partial charge in [0, 0.05) is 0 Å². The average molecular weight is 237 g/mol. The van der Waals surface area contributed by atoms with Crippen molar-refractivity contribution in [2.45, 2.75) is 6.92 Å². The van der Waals surface area contributed by atoms with Crippen LogP contribution in [0.25, 0.3) is 0 Å². The molecule has 9 heavy (non-hydrogen) atoms. The molecule has 0 aromatic carbocycles. The van der Waals surface area contributed by atoms with Gasteiger partial charge in [-0.05, 0) is 0 Å². The average Bonchev–Trinajstić information content (AvgIpc) is 1.94. The van der Waals surface area contributed by atoms with Crippen LogP contribution < -0.4 is 0 Å². The van der Waals surface area contributed by atoms with Crippen LogP contribution in [0.2, 0.25) is 0 Å². The first kappa shape index (κ1) is 9.25. The van der Waals surface area contributed by atoms with Gasteiger partial charge in [-0.2, -0.15) is 12.1 Å². The molecule has 0 atom stereocenters. The van der Waals surface area contributed by atoms with Crippen molar-refractivity contribution < 1.29 is 16.3 Å². The molecule has 0 fully saturated rings. The SMILES string of the molecule is Cc1[c-]nccc1.[Zn+][Br]. The van der Waals surface area contributed by atoms with Crippen LogP contribution in [0.5, 0.6) is 0 Å². The Morgan fingerprint density at radius 2 is 2.33 bits per heavy atom. The second-order valence-electron chi connectivity index (χ2n) is 1.43. The number of aryl methyl sites for hydroxylation is 1. The number of hydrogen-bond acceptors (Lipinski definition) is 1. The van der Waals surface area contributed by atoms with Crippen LogP contribution in [0.3, 0.4) is 0 Å². The number of rotatable bonds is 0. The van der Waals surface area contributed by atoms with Crippen molar-refractivity contribution >= 4 is 13.6 Å². The zero-order valence-electron chi connectivity index (χ0n) is 5.26. The third kappa shape index (κ3) is 4.74. The van der Waals surface area contributed by atoms with Crippen molar-refractivity contribution in [1.29, 1.82) is 0 Å². The fourth-order valence-corrected chi connectivity index (χ4v) is 0.407. The van der Waals surface area contributed by atoms with Crippen LogP contribution in [-0.2, 0) is 16.3 Å². The van der Waals surface area contributed by atoms with E-state index in [4.69, 9.17) is 0 Å². The molecule has 44 valence electrons. The quantitative estimate of drug-likeness (QED) is 0.497. The van der Waals surface area contributed by atoms with Crippen LogP contribution in [0.1, 0.15) is 5.56 Å². The Morgan fingerprint density at radius 3 is 2.56 bits per heavy atom. The number of aromatic nitrogens is 1. The minimum absolute atomic E-state index is 1.09. The van der Waals surface area contributed by atoms with E-state index < -0.39 is 0 Å². The number of nitrogens with zero attached hydrogens (tertiary/aromatic N) is 1. The van der Waals surface area contributed by atoms with E-state index >= 15 is 0 Å².